The Kier molecular flexibility index (Phi) is 5.20. The van der Waals surface area contributed by atoms with Gasteiger partial charge in [-0.2, -0.15) is 0 Å². The number of nitrogens with one attached hydrogen (secondary N) is 1. The summed E-state index contributed by atoms with van der Waals surface area (Å²) in [5.41, 5.74) is 0. The minimum absolute atomic E-state index is 0.386. The third kappa shape index (κ3) is 2.19. The molecule has 86 valence electrons. The Bertz CT molecular complexity index is 165. The number of hydrogen-bond donors (Lipinski definition) is 1. The molecule has 0 spiro atoms. The maximum absolute atomic E-state index is 3.58. The second-order valence-electron chi connectivity index (χ2n) is 5.58. The van der Waals surface area contributed by atoms with Gasteiger partial charge in [-0.1, -0.05) is 0 Å². The summed E-state index contributed by atoms with van der Waals surface area (Å²) < 4.78 is 2.17. The van der Waals surface area contributed by atoms with Crippen molar-refractivity contribution in [1.82, 2.24) is 5.32 Å². The zero-order valence-corrected chi connectivity index (χ0v) is 13.5. The van der Waals surface area contributed by atoms with Gasteiger partial charge in [0.15, 0.2) is 0 Å². The fraction of sp³-hybridized carbons (Fsp3) is 1.00. The van der Waals surface area contributed by atoms with E-state index in [0.717, 1.165) is 9.50 Å². The molecule has 0 bridgehead atoms. The standard InChI is InChI=1S/C12H29GeN/c1-9-13(10(2)3,11(4)5)12(6,7)14-8/h10-11,14H,9H2,1-8H3. The molecule has 1 nitrogen and oxygen atoms in total. The van der Waals surface area contributed by atoms with Crippen LogP contribution in [0.1, 0.15) is 48.5 Å². The zero-order chi connectivity index (χ0) is 11.6. The van der Waals surface area contributed by atoms with Crippen molar-refractivity contribution in [2.24, 2.45) is 0 Å². The molecule has 0 saturated carbocycles. The van der Waals surface area contributed by atoms with Crippen molar-refractivity contribution < 1.29 is 0 Å². The molecule has 0 aromatic rings. The third-order valence-corrected chi connectivity index (χ3v) is 20.9. The molecule has 14 heavy (non-hydrogen) atoms. The van der Waals surface area contributed by atoms with Crippen LogP contribution in [0.15, 0.2) is 0 Å². The molecule has 2 heteroatoms. The molecule has 0 aliphatic carbocycles. The van der Waals surface area contributed by atoms with Crippen molar-refractivity contribution in [3.05, 3.63) is 0 Å². The Hall–Kier alpha value is 0.503. The predicted molar refractivity (Wildman–Crippen MR) is 69.6 cm³/mol. The van der Waals surface area contributed by atoms with Gasteiger partial charge in [-0.3, -0.25) is 0 Å². The van der Waals surface area contributed by atoms with Crippen molar-refractivity contribution in [2.75, 3.05) is 7.05 Å². The second-order valence-corrected chi connectivity index (χ2v) is 18.9. The second kappa shape index (κ2) is 5.02. The first-order valence-electron chi connectivity index (χ1n) is 5.95. The molecule has 0 unspecified atom stereocenters. The van der Waals surface area contributed by atoms with Gasteiger partial charge in [0.05, 0.1) is 0 Å². The molecule has 0 heterocycles. The Balaban J connectivity index is 5.25. The van der Waals surface area contributed by atoms with Crippen molar-refractivity contribution in [2.45, 2.75) is 67.6 Å². The van der Waals surface area contributed by atoms with Crippen LogP contribution in [0.3, 0.4) is 0 Å². The fourth-order valence-corrected chi connectivity index (χ4v) is 18.7. The molecule has 0 aliphatic rings. The van der Waals surface area contributed by atoms with Gasteiger partial charge in [0.25, 0.3) is 0 Å². The van der Waals surface area contributed by atoms with E-state index in [1.807, 2.05) is 0 Å². The van der Waals surface area contributed by atoms with E-state index < -0.39 is 13.3 Å². The van der Waals surface area contributed by atoms with Crippen molar-refractivity contribution in [1.29, 1.82) is 0 Å². The number of hydrogen-bond acceptors (Lipinski definition) is 1. The average molecular weight is 260 g/mol. The van der Waals surface area contributed by atoms with Crippen LogP contribution in [0.5, 0.6) is 0 Å². The van der Waals surface area contributed by atoms with Crippen LogP contribution in [0.2, 0.25) is 14.8 Å². The Labute approximate surface area is 93.4 Å². The molecule has 0 radical (unpaired) electrons. The molecule has 0 amide bonds. The normalized spacial score (nSPS) is 14.1. The van der Waals surface area contributed by atoms with Crippen LogP contribution in [-0.4, -0.2) is 24.7 Å². The zero-order valence-electron chi connectivity index (χ0n) is 11.4. The van der Waals surface area contributed by atoms with Crippen LogP contribution < -0.4 is 5.32 Å². The summed E-state index contributed by atoms with van der Waals surface area (Å²) in [6.07, 6.45) is 0. The van der Waals surface area contributed by atoms with E-state index in [9.17, 15) is 0 Å². The molecule has 0 aromatic carbocycles. The maximum atomic E-state index is 3.58. The van der Waals surface area contributed by atoms with Crippen LogP contribution in [0.25, 0.3) is 0 Å². The summed E-state index contributed by atoms with van der Waals surface area (Å²) in [5.74, 6) is 0. The van der Waals surface area contributed by atoms with Gasteiger partial charge < -0.3 is 0 Å². The summed E-state index contributed by atoms with van der Waals surface area (Å²) in [7, 11) is 2.13. The van der Waals surface area contributed by atoms with Gasteiger partial charge in [0.1, 0.15) is 0 Å². The topological polar surface area (TPSA) is 12.0 Å². The van der Waals surface area contributed by atoms with E-state index in [-0.39, 0.29) is 0 Å². The Morgan fingerprint density at radius 1 is 1.07 bits per heavy atom. The third-order valence-electron chi connectivity index (χ3n) is 4.43. The molecular weight excluding hydrogens is 231 g/mol. The summed E-state index contributed by atoms with van der Waals surface area (Å²) in [6, 6.07) is 0. The average Bonchev–Trinajstić information content (AvgIpc) is 2.04. The van der Waals surface area contributed by atoms with Crippen LogP contribution in [0, 0.1) is 0 Å². The van der Waals surface area contributed by atoms with Crippen LogP contribution >= 0.6 is 0 Å². The van der Waals surface area contributed by atoms with E-state index in [1.54, 1.807) is 0 Å². The van der Waals surface area contributed by atoms with Crippen LogP contribution in [-0.2, 0) is 0 Å². The quantitative estimate of drug-likeness (QED) is 0.741. The van der Waals surface area contributed by atoms with Crippen molar-refractivity contribution in [3.8, 4) is 0 Å². The number of rotatable bonds is 5. The first kappa shape index (κ1) is 14.5. The predicted octanol–water partition coefficient (Wildman–Crippen LogP) is 3.81. The summed E-state index contributed by atoms with van der Waals surface area (Å²) in [5, 5.41) is 5.00. The first-order valence-corrected chi connectivity index (χ1v) is 10.9. The first-order chi connectivity index (χ1) is 6.26. The van der Waals surface area contributed by atoms with Gasteiger partial charge in [0.2, 0.25) is 0 Å². The van der Waals surface area contributed by atoms with Gasteiger partial charge in [0, 0.05) is 0 Å². The minimum atomic E-state index is -1.84. The van der Waals surface area contributed by atoms with Gasteiger partial charge >= 0.3 is 93.2 Å². The molecule has 0 aliphatic heterocycles. The monoisotopic (exact) mass is 261 g/mol. The van der Waals surface area contributed by atoms with E-state index in [1.165, 1.54) is 5.25 Å². The van der Waals surface area contributed by atoms with Crippen LogP contribution in [0.4, 0.5) is 0 Å². The summed E-state index contributed by atoms with van der Waals surface area (Å²) in [4.78, 5) is 0. The molecule has 1 N–H and O–H groups in total. The molecular formula is C12H29GeN. The van der Waals surface area contributed by atoms with Gasteiger partial charge in [-0.15, -0.1) is 0 Å². The molecule has 0 fully saturated rings. The molecule has 0 rings (SSSR count). The summed E-state index contributed by atoms with van der Waals surface area (Å²) >= 11 is -1.84. The Morgan fingerprint density at radius 3 is 1.50 bits per heavy atom. The van der Waals surface area contributed by atoms with Crippen molar-refractivity contribution >= 4 is 13.3 Å². The fourth-order valence-electron chi connectivity index (χ4n) is 3.60. The van der Waals surface area contributed by atoms with Crippen molar-refractivity contribution in [3.63, 3.8) is 0 Å². The van der Waals surface area contributed by atoms with Gasteiger partial charge in [-0.05, 0) is 0 Å². The van der Waals surface area contributed by atoms with E-state index >= 15 is 0 Å². The van der Waals surface area contributed by atoms with E-state index in [4.69, 9.17) is 0 Å². The molecule has 0 aromatic heterocycles. The van der Waals surface area contributed by atoms with E-state index in [0.29, 0.717) is 4.37 Å². The SMILES string of the molecule is C[CH2][Ge]([CH](C)C)([CH](C)C)[C](C)(C)NC. The van der Waals surface area contributed by atoms with Gasteiger partial charge in [-0.25, -0.2) is 0 Å². The van der Waals surface area contributed by atoms with E-state index in [2.05, 4.69) is 60.8 Å². The molecule has 0 saturated heterocycles. The molecule has 0 atom stereocenters. The Morgan fingerprint density at radius 2 is 1.43 bits per heavy atom. The summed E-state index contributed by atoms with van der Waals surface area (Å²) in [6.45, 7) is 17.0.